The summed E-state index contributed by atoms with van der Waals surface area (Å²) in [6.07, 6.45) is 2.64. The number of likely N-dealkylation sites (N-methyl/N-ethyl adjacent to an activating group) is 1. The van der Waals surface area contributed by atoms with Crippen LogP contribution in [0.4, 0.5) is 5.82 Å². The molecule has 0 fully saturated rings. The number of aromatic nitrogens is 1. The average Bonchev–Trinajstić information content (AvgIpc) is 2.36. The van der Waals surface area contributed by atoms with E-state index in [-0.39, 0.29) is 6.04 Å². The fourth-order valence-corrected chi connectivity index (χ4v) is 2.51. The number of aryl methyl sites for hydroxylation is 2. The largest absolute Gasteiger partial charge is 0.383 e. The molecule has 0 saturated carbocycles. The van der Waals surface area contributed by atoms with E-state index < -0.39 is 0 Å². The minimum atomic E-state index is 0.190. The fraction of sp³-hybridized carbons (Fsp3) is 0.312. The zero-order valence-electron chi connectivity index (χ0n) is 11.8. The number of benzene rings is 1. The molecule has 100 valence electrons. The second-order valence-corrected chi connectivity index (χ2v) is 5.02. The van der Waals surface area contributed by atoms with E-state index >= 15 is 0 Å². The maximum atomic E-state index is 5.96. The van der Waals surface area contributed by atoms with Crippen LogP contribution in [0.3, 0.4) is 0 Å². The molecule has 1 aromatic carbocycles. The van der Waals surface area contributed by atoms with Crippen LogP contribution in [0.25, 0.3) is 0 Å². The minimum Gasteiger partial charge on any atom is -0.383 e. The molecule has 1 heterocycles. The first kappa shape index (κ1) is 13.6. The molecule has 0 radical (unpaired) electrons. The zero-order valence-corrected chi connectivity index (χ0v) is 11.8. The number of nitrogens with one attached hydrogen (secondary N) is 1. The van der Waals surface area contributed by atoms with Crippen molar-refractivity contribution in [3.63, 3.8) is 0 Å². The molecule has 0 aliphatic heterocycles. The number of pyridine rings is 1. The lowest BCUT2D eigenvalue weighted by atomic mass is 9.97. The maximum Gasteiger partial charge on any atom is 0.128 e. The van der Waals surface area contributed by atoms with Crippen molar-refractivity contribution in [2.24, 2.45) is 0 Å². The van der Waals surface area contributed by atoms with E-state index in [1.165, 1.54) is 16.7 Å². The summed E-state index contributed by atoms with van der Waals surface area (Å²) in [7, 11) is 1.96. The van der Waals surface area contributed by atoms with E-state index in [1.54, 1.807) is 6.20 Å². The Balaban J connectivity index is 2.26. The molecule has 1 unspecified atom stereocenters. The standard InChI is InChI=1S/C16H21N3/c1-11-7-12(2)9-13(8-11)10-15(18-3)14-5-4-6-19-16(14)17/h4-9,15,18H,10H2,1-3H3,(H2,17,19). The van der Waals surface area contributed by atoms with Crippen LogP contribution in [0.2, 0.25) is 0 Å². The molecule has 19 heavy (non-hydrogen) atoms. The SMILES string of the molecule is CNC(Cc1cc(C)cc(C)c1)c1cccnc1N. The van der Waals surface area contributed by atoms with Crippen molar-refractivity contribution in [2.75, 3.05) is 12.8 Å². The first-order valence-electron chi connectivity index (χ1n) is 6.55. The summed E-state index contributed by atoms with van der Waals surface area (Å²) >= 11 is 0. The highest BCUT2D eigenvalue weighted by atomic mass is 14.9. The Morgan fingerprint density at radius 2 is 1.89 bits per heavy atom. The number of rotatable bonds is 4. The van der Waals surface area contributed by atoms with Gasteiger partial charge in [0.15, 0.2) is 0 Å². The second kappa shape index (κ2) is 5.85. The third kappa shape index (κ3) is 3.32. The Bertz CT molecular complexity index is 543. The second-order valence-electron chi connectivity index (χ2n) is 5.02. The highest BCUT2D eigenvalue weighted by Crippen LogP contribution is 2.22. The molecule has 0 saturated heterocycles. The van der Waals surface area contributed by atoms with E-state index in [9.17, 15) is 0 Å². The molecule has 2 rings (SSSR count). The van der Waals surface area contributed by atoms with Gasteiger partial charge in [-0.3, -0.25) is 0 Å². The third-order valence-electron chi connectivity index (χ3n) is 3.32. The summed E-state index contributed by atoms with van der Waals surface area (Å²) in [6.45, 7) is 4.26. The van der Waals surface area contributed by atoms with Crippen LogP contribution in [0, 0.1) is 13.8 Å². The van der Waals surface area contributed by atoms with Crippen molar-refractivity contribution in [1.82, 2.24) is 10.3 Å². The first-order valence-corrected chi connectivity index (χ1v) is 6.55. The van der Waals surface area contributed by atoms with Crippen molar-refractivity contribution in [3.8, 4) is 0 Å². The van der Waals surface area contributed by atoms with Gasteiger partial charge in [-0.15, -0.1) is 0 Å². The molecule has 1 atom stereocenters. The predicted molar refractivity (Wildman–Crippen MR) is 80.1 cm³/mol. The summed E-state index contributed by atoms with van der Waals surface area (Å²) in [5, 5.41) is 3.33. The number of nitrogens with two attached hydrogens (primary N) is 1. The van der Waals surface area contributed by atoms with Gasteiger partial charge in [-0.05, 0) is 38.9 Å². The molecule has 0 amide bonds. The molecule has 0 spiro atoms. The van der Waals surface area contributed by atoms with Crippen LogP contribution in [0.5, 0.6) is 0 Å². The quantitative estimate of drug-likeness (QED) is 0.883. The summed E-state index contributed by atoms with van der Waals surface area (Å²) in [5.74, 6) is 0.603. The summed E-state index contributed by atoms with van der Waals surface area (Å²) in [5.41, 5.74) is 10.9. The lowest BCUT2D eigenvalue weighted by Gasteiger charge is -2.18. The minimum absolute atomic E-state index is 0.190. The Morgan fingerprint density at radius 1 is 1.21 bits per heavy atom. The van der Waals surface area contributed by atoms with Gasteiger partial charge in [-0.2, -0.15) is 0 Å². The van der Waals surface area contributed by atoms with Crippen LogP contribution in [0.15, 0.2) is 36.5 Å². The van der Waals surface area contributed by atoms with E-state index in [1.807, 2.05) is 19.2 Å². The van der Waals surface area contributed by atoms with Gasteiger partial charge in [0.1, 0.15) is 5.82 Å². The topological polar surface area (TPSA) is 50.9 Å². The van der Waals surface area contributed by atoms with Crippen LogP contribution < -0.4 is 11.1 Å². The lowest BCUT2D eigenvalue weighted by Crippen LogP contribution is -2.20. The van der Waals surface area contributed by atoms with E-state index in [0.29, 0.717) is 5.82 Å². The highest BCUT2D eigenvalue weighted by molar-refractivity contribution is 5.42. The molecule has 0 aliphatic carbocycles. The van der Waals surface area contributed by atoms with Crippen molar-refractivity contribution in [2.45, 2.75) is 26.3 Å². The van der Waals surface area contributed by atoms with Crippen molar-refractivity contribution >= 4 is 5.82 Å². The molecular weight excluding hydrogens is 234 g/mol. The number of nitrogen functional groups attached to an aromatic ring is 1. The van der Waals surface area contributed by atoms with E-state index in [2.05, 4.69) is 42.3 Å². The smallest absolute Gasteiger partial charge is 0.128 e. The van der Waals surface area contributed by atoms with Gasteiger partial charge in [0, 0.05) is 17.8 Å². The first-order chi connectivity index (χ1) is 9.10. The Morgan fingerprint density at radius 3 is 2.47 bits per heavy atom. The van der Waals surface area contributed by atoms with Crippen molar-refractivity contribution in [3.05, 3.63) is 58.8 Å². The Labute approximate surface area is 114 Å². The molecule has 1 aromatic heterocycles. The lowest BCUT2D eigenvalue weighted by molar-refractivity contribution is 0.592. The van der Waals surface area contributed by atoms with Gasteiger partial charge in [-0.25, -0.2) is 4.98 Å². The summed E-state index contributed by atoms with van der Waals surface area (Å²) < 4.78 is 0. The van der Waals surface area contributed by atoms with Crippen LogP contribution in [0.1, 0.15) is 28.3 Å². The van der Waals surface area contributed by atoms with Gasteiger partial charge >= 0.3 is 0 Å². The van der Waals surface area contributed by atoms with Crippen LogP contribution >= 0.6 is 0 Å². The monoisotopic (exact) mass is 255 g/mol. The summed E-state index contributed by atoms with van der Waals surface area (Å²) in [4.78, 5) is 4.16. The molecule has 3 heteroatoms. The van der Waals surface area contributed by atoms with Crippen molar-refractivity contribution in [1.29, 1.82) is 0 Å². The average molecular weight is 255 g/mol. The highest BCUT2D eigenvalue weighted by Gasteiger charge is 2.13. The van der Waals surface area contributed by atoms with Crippen LogP contribution in [-0.4, -0.2) is 12.0 Å². The number of hydrogen-bond donors (Lipinski definition) is 2. The van der Waals surface area contributed by atoms with Gasteiger partial charge in [0.25, 0.3) is 0 Å². The van der Waals surface area contributed by atoms with E-state index in [4.69, 9.17) is 5.73 Å². The van der Waals surface area contributed by atoms with Gasteiger partial charge in [0.05, 0.1) is 0 Å². The van der Waals surface area contributed by atoms with Crippen LogP contribution in [-0.2, 0) is 6.42 Å². The van der Waals surface area contributed by atoms with E-state index in [0.717, 1.165) is 12.0 Å². The van der Waals surface area contributed by atoms with Gasteiger partial charge in [-0.1, -0.05) is 35.4 Å². The number of hydrogen-bond acceptors (Lipinski definition) is 3. The Kier molecular flexibility index (Phi) is 4.17. The number of nitrogens with zero attached hydrogens (tertiary/aromatic N) is 1. The summed E-state index contributed by atoms with van der Waals surface area (Å²) in [6, 6.07) is 10.8. The molecule has 2 aromatic rings. The maximum absolute atomic E-state index is 5.96. The zero-order chi connectivity index (χ0) is 13.8. The predicted octanol–water partition coefficient (Wildman–Crippen LogP) is 2.78. The Hall–Kier alpha value is -1.87. The van der Waals surface area contributed by atoms with Crippen molar-refractivity contribution < 1.29 is 0 Å². The molecule has 0 aliphatic rings. The molecular formula is C16H21N3. The van der Waals surface area contributed by atoms with Gasteiger partial charge in [0.2, 0.25) is 0 Å². The molecule has 0 bridgehead atoms. The molecule has 3 nitrogen and oxygen atoms in total. The molecule has 3 N–H and O–H groups in total. The third-order valence-corrected chi connectivity index (χ3v) is 3.32. The number of anilines is 1. The van der Waals surface area contributed by atoms with Gasteiger partial charge < -0.3 is 11.1 Å². The fourth-order valence-electron chi connectivity index (χ4n) is 2.51. The normalized spacial score (nSPS) is 12.4.